The summed E-state index contributed by atoms with van der Waals surface area (Å²) >= 11 is 0. The topological polar surface area (TPSA) is 93.8 Å². The molecule has 174 valence electrons. The highest BCUT2D eigenvalue weighted by Gasteiger charge is 2.27. The number of rotatable bonds is 5. The molecule has 0 radical (unpaired) electrons. The number of para-hydroxylation sites is 1. The molecule has 6 rings (SSSR count). The number of nitrogens with zero attached hydrogens (tertiary/aromatic N) is 7. The number of piperazine rings is 1. The molecule has 0 spiro atoms. The number of aliphatic hydroxyl groups excluding tert-OH is 1. The number of aromatic hydroxyl groups is 1. The number of fused-ring (bicyclic) bond motifs is 2. The van der Waals surface area contributed by atoms with Gasteiger partial charge in [-0.05, 0) is 42.3 Å². The Morgan fingerprint density at radius 2 is 1.62 bits per heavy atom. The van der Waals surface area contributed by atoms with E-state index >= 15 is 0 Å². The van der Waals surface area contributed by atoms with E-state index in [2.05, 4.69) is 43.9 Å². The third-order valence-corrected chi connectivity index (χ3v) is 6.69. The number of phenolic OH excluding ortho intramolecular Hbond substituents is 1. The number of benzene rings is 2. The highest BCUT2D eigenvalue weighted by atomic mass is 16.3. The Bertz CT molecular complexity index is 1310. The third-order valence-electron chi connectivity index (χ3n) is 6.69. The molecule has 4 heterocycles. The van der Waals surface area contributed by atoms with E-state index in [0.717, 1.165) is 61.8 Å². The minimum absolute atomic E-state index is 0.0258. The number of aromatic nitrogens is 4. The predicted molar refractivity (Wildman–Crippen MR) is 132 cm³/mol. The van der Waals surface area contributed by atoms with E-state index in [0.29, 0.717) is 12.5 Å². The van der Waals surface area contributed by atoms with Crippen molar-refractivity contribution in [1.29, 1.82) is 0 Å². The van der Waals surface area contributed by atoms with Crippen LogP contribution in [0.2, 0.25) is 0 Å². The molecule has 0 bridgehead atoms. The largest absolute Gasteiger partial charge is 0.508 e. The van der Waals surface area contributed by atoms with Gasteiger partial charge in [0.05, 0.1) is 12.9 Å². The summed E-state index contributed by atoms with van der Waals surface area (Å²) in [6.07, 6.45) is 2.72. The number of phenols is 1. The lowest BCUT2D eigenvalue weighted by atomic mass is 10.2. The van der Waals surface area contributed by atoms with Gasteiger partial charge in [0.15, 0.2) is 17.0 Å². The van der Waals surface area contributed by atoms with Crippen molar-refractivity contribution in [3.05, 3.63) is 60.4 Å². The highest BCUT2D eigenvalue weighted by Crippen LogP contribution is 2.37. The van der Waals surface area contributed by atoms with Crippen molar-refractivity contribution in [1.82, 2.24) is 19.5 Å². The molecule has 0 aliphatic carbocycles. The zero-order valence-electron chi connectivity index (χ0n) is 18.9. The number of hydrogen-bond acceptors (Lipinski definition) is 8. The van der Waals surface area contributed by atoms with E-state index in [-0.39, 0.29) is 12.4 Å². The Labute approximate surface area is 197 Å². The SMILES string of the molecule is OCCn1cnc2c(N3CCc4ccccc43)nc(N3CCN(c4ccc(O)cc4)CC3)nc21. The number of hydrogen-bond donors (Lipinski definition) is 2. The first kappa shape index (κ1) is 20.7. The maximum Gasteiger partial charge on any atom is 0.229 e. The zero-order valence-corrected chi connectivity index (χ0v) is 18.9. The Morgan fingerprint density at radius 3 is 2.41 bits per heavy atom. The second-order valence-electron chi connectivity index (χ2n) is 8.70. The van der Waals surface area contributed by atoms with Gasteiger partial charge in [0, 0.05) is 50.6 Å². The van der Waals surface area contributed by atoms with Crippen LogP contribution in [0.1, 0.15) is 5.56 Å². The summed E-state index contributed by atoms with van der Waals surface area (Å²) in [4.78, 5) is 21.3. The minimum Gasteiger partial charge on any atom is -0.508 e. The van der Waals surface area contributed by atoms with Gasteiger partial charge in [0.1, 0.15) is 5.75 Å². The molecule has 9 heteroatoms. The molecular weight excluding hydrogens is 430 g/mol. The molecule has 0 unspecified atom stereocenters. The fraction of sp³-hybridized carbons (Fsp3) is 0.320. The summed E-state index contributed by atoms with van der Waals surface area (Å²) in [6, 6.07) is 15.8. The van der Waals surface area contributed by atoms with Crippen LogP contribution in [-0.2, 0) is 13.0 Å². The molecule has 0 atom stereocenters. The molecule has 34 heavy (non-hydrogen) atoms. The van der Waals surface area contributed by atoms with E-state index in [9.17, 15) is 10.2 Å². The fourth-order valence-corrected chi connectivity index (χ4v) is 4.91. The molecule has 2 aromatic carbocycles. The van der Waals surface area contributed by atoms with Gasteiger partial charge >= 0.3 is 0 Å². The summed E-state index contributed by atoms with van der Waals surface area (Å²) in [6.45, 7) is 4.57. The maximum atomic E-state index is 9.58. The maximum absolute atomic E-state index is 9.58. The van der Waals surface area contributed by atoms with Crippen molar-refractivity contribution in [2.24, 2.45) is 0 Å². The molecule has 2 aromatic heterocycles. The van der Waals surface area contributed by atoms with Crippen LogP contribution in [0, 0.1) is 0 Å². The van der Waals surface area contributed by atoms with Crippen LogP contribution in [0.3, 0.4) is 0 Å². The smallest absolute Gasteiger partial charge is 0.229 e. The van der Waals surface area contributed by atoms with Gasteiger partial charge in [0.25, 0.3) is 0 Å². The number of anilines is 4. The Morgan fingerprint density at radius 1 is 0.853 bits per heavy atom. The van der Waals surface area contributed by atoms with Crippen LogP contribution >= 0.6 is 0 Å². The Balaban J connectivity index is 1.34. The summed E-state index contributed by atoms with van der Waals surface area (Å²) in [5, 5.41) is 19.1. The molecule has 0 amide bonds. The minimum atomic E-state index is 0.0258. The van der Waals surface area contributed by atoms with Crippen molar-refractivity contribution >= 4 is 34.3 Å². The monoisotopic (exact) mass is 457 g/mol. The van der Waals surface area contributed by atoms with Crippen LogP contribution in [0.25, 0.3) is 11.2 Å². The van der Waals surface area contributed by atoms with Crippen LogP contribution in [0.5, 0.6) is 5.75 Å². The van der Waals surface area contributed by atoms with Crippen molar-refractivity contribution < 1.29 is 10.2 Å². The van der Waals surface area contributed by atoms with Crippen molar-refractivity contribution in [3.8, 4) is 5.75 Å². The molecular formula is C25H27N7O2. The van der Waals surface area contributed by atoms with E-state index in [1.807, 2.05) is 16.7 Å². The molecule has 1 fully saturated rings. The standard InChI is InChI=1S/C25H27N7O2/c33-16-15-31-17-26-22-23(31)27-25(28-24(22)32-10-9-18-3-1-2-4-21(18)32)30-13-11-29(12-14-30)19-5-7-20(34)8-6-19/h1-8,17,33-34H,9-16H2. The first-order valence-corrected chi connectivity index (χ1v) is 11.7. The first-order chi connectivity index (χ1) is 16.7. The van der Waals surface area contributed by atoms with Crippen molar-refractivity contribution in [2.75, 3.05) is 54.0 Å². The molecule has 0 saturated carbocycles. The Hall–Kier alpha value is -3.85. The van der Waals surface area contributed by atoms with Gasteiger partial charge in [-0.25, -0.2) is 4.98 Å². The highest BCUT2D eigenvalue weighted by molar-refractivity contribution is 5.89. The first-order valence-electron chi connectivity index (χ1n) is 11.7. The average molecular weight is 458 g/mol. The molecule has 2 aliphatic heterocycles. The Kier molecular flexibility index (Phi) is 5.18. The van der Waals surface area contributed by atoms with Crippen molar-refractivity contribution in [2.45, 2.75) is 13.0 Å². The summed E-state index contributed by atoms with van der Waals surface area (Å²) in [5.41, 5.74) is 5.09. The number of imidazole rings is 1. The lowest BCUT2D eigenvalue weighted by Crippen LogP contribution is -2.47. The lowest BCUT2D eigenvalue weighted by molar-refractivity contribution is 0.277. The van der Waals surface area contributed by atoms with Crippen LogP contribution in [0.4, 0.5) is 23.1 Å². The van der Waals surface area contributed by atoms with Gasteiger partial charge in [-0.15, -0.1) is 0 Å². The van der Waals surface area contributed by atoms with E-state index in [1.54, 1.807) is 18.5 Å². The van der Waals surface area contributed by atoms with Crippen molar-refractivity contribution in [3.63, 3.8) is 0 Å². The summed E-state index contributed by atoms with van der Waals surface area (Å²) in [5.74, 6) is 1.79. The molecule has 1 saturated heterocycles. The molecule has 2 N–H and O–H groups in total. The third kappa shape index (κ3) is 3.58. The molecule has 2 aliphatic rings. The summed E-state index contributed by atoms with van der Waals surface area (Å²) < 4.78 is 1.90. The zero-order chi connectivity index (χ0) is 23.1. The van der Waals surface area contributed by atoms with Crippen LogP contribution in [-0.4, -0.2) is 69.1 Å². The number of aliphatic hydroxyl groups is 1. The second-order valence-corrected chi connectivity index (χ2v) is 8.70. The second kappa shape index (κ2) is 8.49. The summed E-state index contributed by atoms with van der Waals surface area (Å²) in [7, 11) is 0. The van der Waals surface area contributed by atoms with Gasteiger partial charge in [-0.3, -0.25) is 0 Å². The quantitative estimate of drug-likeness (QED) is 0.472. The van der Waals surface area contributed by atoms with E-state index in [4.69, 9.17) is 9.97 Å². The average Bonchev–Trinajstić information content (AvgIpc) is 3.49. The van der Waals surface area contributed by atoms with Gasteiger partial charge in [0.2, 0.25) is 5.95 Å². The normalized spacial score (nSPS) is 15.9. The fourth-order valence-electron chi connectivity index (χ4n) is 4.91. The van der Waals surface area contributed by atoms with E-state index in [1.165, 1.54) is 11.3 Å². The van der Waals surface area contributed by atoms with Crippen LogP contribution in [0.15, 0.2) is 54.9 Å². The molecule has 4 aromatic rings. The lowest BCUT2D eigenvalue weighted by Gasteiger charge is -2.36. The van der Waals surface area contributed by atoms with Gasteiger partial charge in [-0.1, -0.05) is 18.2 Å². The predicted octanol–water partition coefficient (Wildman–Crippen LogP) is 2.55. The van der Waals surface area contributed by atoms with Crippen LogP contribution < -0.4 is 14.7 Å². The molecule has 9 nitrogen and oxygen atoms in total. The van der Waals surface area contributed by atoms with Gasteiger partial charge < -0.3 is 29.5 Å². The van der Waals surface area contributed by atoms with Gasteiger partial charge in [-0.2, -0.15) is 9.97 Å². The van der Waals surface area contributed by atoms with E-state index < -0.39 is 0 Å².